The molecule has 0 heterocycles. The predicted molar refractivity (Wildman–Crippen MR) is 31.8 cm³/mol. The molecule has 0 atom stereocenters. The molecule has 1 aliphatic rings. The van der Waals surface area contributed by atoms with E-state index in [1.165, 1.54) is 25.7 Å². The summed E-state index contributed by atoms with van der Waals surface area (Å²) in [5.74, 6) is 0. The molecule has 0 aromatic rings. The molecule has 0 amide bonds. The van der Waals surface area contributed by atoms with Crippen LogP contribution in [0.25, 0.3) is 0 Å². The monoisotopic (exact) mass is 116 g/mol. The lowest BCUT2D eigenvalue weighted by Crippen LogP contribution is -2.68. The second-order valence-electron chi connectivity index (χ2n) is 2.89. The van der Waals surface area contributed by atoms with E-state index in [0.29, 0.717) is 0 Å². The van der Waals surface area contributed by atoms with E-state index in [2.05, 4.69) is 11.5 Å². The summed E-state index contributed by atoms with van der Waals surface area (Å²) >= 11 is 0. The Balaban J connectivity index is 2.19. The van der Waals surface area contributed by atoms with Gasteiger partial charge in [0, 0.05) is 25.7 Å². The van der Waals surface area contributed by atoms with Gasteiger partial charge in [-0.3, -0.25) is 0 Å². The Morgan fingerprint density at radius 1 is 0.750 bits per heavy atom. The summed E-state index contributed by atoms with van der Waals surface area (Å²) in [6.07, 6.45) is 5.20. The van der Waals surface area contributed by atoms with Gasteiger partial charge < -0.3 is 11.5 Å². The fourth-order valence-corrected chi connectivity index (χ4v) is 1.23. The standard InChI is InChI=1S/C6H14N2/c7-5-1-2-6(8)4-3-5/h5-6H,1-4,7-8H2/p+2. The van der Waals surface area contributed by atoms with E-state index in [0.717, 1.165) is 12.1 Å². The Hall–Kier alpha value is -0.0800. The van der Waals surface area contributed by atoms with E-state index >= 15 is 0 Å². The molecule has 0 radical (unpaired) electrons. The van der Waals surface area contributed by atoms with Crippen molar-refractivity contribution < 1.29 is 11.5 Å². The van der Waals surface area contributed by atoms with Crippen LogP contribution >= 0.6 is 0 Å². The molecule has 0 bridgehead atoms. The van der Waals surface area contributed by atoms with Crippen LogP contribution in [0.1, 0.15) is 25.7 Å². The molecule has 0 aromatic carbocycles. The highest BCUT2D eigenvalue weighted by Crippen LogP contribution is 2.11. The first-order valence-corrected chi connectivity index (χ1v) is 3.45. The van der Waals surface area contributed by atoms with Crippen LogP contribution in [0.5, 0.6) is 0 Å². The normalized spacial score (nSPS) is 39.8. The van der Waals surface area contributed by atoms with E-state index < -0.39 is 0 Å². The Morgan fingerprint density at radius 3 is 1.25 bits per heavy atom. The summed E-state index contributed by atoms with van der Waals surface area (Å²) in [6.45, 7) is 0. The average Bonchev–Trinajstić information content (AvgIpc) is 1.77. The molecule has 0 aromatic heterocycles. The van der Waals surface area contributed by atoms with Crippen LogP contribution in [0.4, 0.5) is 0 Å². The molecule has 2 heteroatoms. The van der Waals surface area contributed by atoms with Gasteiger partial charge in [0.2, 0.25) is 0 Å². The van der Waals surface area contributed by atoms with Crippen molar-refractivity contribution in [2.24, 2.45) is 0 Å². The van der Waals surface area contributed by atoms with E-state index in [9.17, 15) is 0 Å². The Bertz CT molecular complexity index is 54.9. The molecule has 0 spiro atoms. The van der Waals surface area contributed by atoms with Crippen molar-refractivity contribution in [2.45, 2.75) is 37.8 Å². The minimum atomic E-state index is 0.730. The van der Waals surface area contributed by atoms with Crippen LogP contribution in [0.3, 0.4) is 0 Å². The fourth-order valence-electron chi connectivity index (χ4n) is 1.23. The smallest absolute Gasteiger partial charge is 0.0848 e. The van der Waals surface area contributed by atoms with Crippen molar-refractivity contribution in [3.63, 3.8) is 0 Å². The SMILES string of the molecule is [NH3+]C1CCC([NH3+])CC1. The van der Waals surface area contributed by atoms with Gasteiger partial charge in [-0.1, -0.05) is 0 Å². The van der Waals surface area contributed by atoms with E-state index in [4.69, 9.17) is 0 Å². The van der Waals surface area contributed by atoms with E-state index in [1.54, 1.807) is 0 Å². The molecule has 8 heavy (non-hydrogen) atoms. The summed E-state index contributed by atoms with van der Waals surface area (Å²) in [6, 6.07) is 1.46. The van der Waals surface area contributed by atoms with Crippen molar-refractivity contribution in [1.29, 1.82) is 0 Å². The fraction of sp³-hybridized carbons (Fsp3) is 1.00. The first-order chi connectivity index (χ1) is 3.79. The van der Waals surface area contributed by atoms with Crippen molar-refractivity contribution in [3.05, 3.63) is 0 Å². The summed E-state index contributed by atoms with van der Waals surface area (Å²) < 4.78 is 0. The number of hydrogen-bond acceptors (Lipinski definition) is 0. The molecule has 0 unspecified atom stereocenters. The first kappa shape index (κ1) is 6.05. The molecule has 2 nitrogen and oxygen atoms in total. The average molecular weight is 116 g/mol. The zero-order valence-electron chi connectivity index (χ0n) is 5.40. The highest BCUT2D eigenvalue weighted by Gasteiger charge is 2.18. The Labute approximate surface area is 50.2 Å². The molecule has 1 rings (SSSR count). The van der Waals surface area contributed by atoms with Crippen molar-refractivity contribution in [3.8, 4) is 0 Å². The lowest BCUT2D eigenvalue weighted by molar-refractivity contribution is -0.460. The second-order valence-corrected chi connectivity index (χ2v) is 2.89. The molecule has 1 saturated carbocycles. The van der Waals surface area contributed by atoms with Gasteiger partial charge in [-0.05, 0) is 0 Å². The van der Waals surface area contributed by atoms with Gasteiger partial charge in [0.05, 0.1) is 12.1 Å². The molecule has 1 fully saturated rings. The lowest BCUT2D eigenvalue weighted by Gasteiger charge is -2.17. The maximum Gasteiger partial charge on any atom is 0.0848 e. The maximum absolute atomic E-state index is 4.00. The van der Waals surface area contributed by atoms with Gasteiger partial charge in [-0.15, -0.1) is 0 Å². The number of quaternary nitrogens is 2. The van der Waals surface area contributed by atoms with Gasteiger partial charge in [0.15, 0.2) is 0 Å². The van der Waals surface area contributed by atoms with Crippen LogP contribution in [-0.2, 0) is 0 Å². The van der Waals surface area contributed by atoms with Gasteiger partial charge >= 0.3 is 0 Å². The highest BCUT2D eigenvalue weighted by molar-refractivity contribution is 4.67. The van der Waals surface area contributed by atoms with Crippen molar-refractivity contribution in [2.75, 3.05) is 0 Å². The third-order valence-electron chi connectivity index (χ3n) is 1.97. The molecular weight excluding hydrogens is 100 g/mol. The number of hydrogen-bond donors (Lipinski definition) is 2. The van der Waals surface area contributed by atoms with Crippen LogP contribution < -0.4 is 11.5 Å². The largest absolute Gasteiger partial charge is 0.355 e. The van der Waals surface area contributed by atoms with E-state index in [1.807, 2.05) is 0 Å². The second kappa shape index (κ2) is 2.46. The topological polar surface area (TPSA) is 55.3 Å². The van der Waals surface area contributed by atoms with E-state index in [-0.39, 0.29) is 0 Å². The molecule has 0 saturated heterocycles. The first-order valence-electron chi connectivity index (χ1n) is 3.45. The van der Waals surface area contributed by atoms with Crippen molar-refractivity contribution >= 4 is 0 Å². The minimum absolute atomic E-state index is 0.730. The van der Waals surface area contributed by atoms with Crippen LogP contribution in [-0.4, -0.2) is 12.1 Å². The lowest BCUT2D eigenvalue weighted by atomic mass is 9.93. The van der Waals surface area contributed by atoms with Crippen LogP contribution in [0.15, 0.2) is 0 Å². The summed E-state index contributed by atoms with van der Waals surface area (Å²) in [5.41, 5.74) is 8.01. The molecule has 48 valence electrons. The molecule has 1 aliphatic carbocycles. The molecule has 6 N–H and O–H groups in total. The third kappa shape index (κ3) is 1.46. The van der Waals surface area contributed by atoms with Crippen LogP contribution in [0, 0.1) is 0 Å². The Kier molecular flexibility index (Phi) is 1.86. The van der Waals surface area contributed by atoms with Gasteiger partial charge in [-0.2, -0.15) is 0 Å². The third-order valence-corrected chi connectivity index (χ3v) is 1.97. The van der Waals surface area contributed by atoms with Gasteiger partial charge in [0.25, 0.3) is 0 Å². The number of rotatable bonds is 0. The molecule has 0 aliphatic heterocycles. The molecular formula is C6H16N2+2. The minimum Gasteiger partial charge on any atom is -0.355 e. The summed E-state index contributed by atoms with van der Waals surface area (Å²) in [7, 11) is 0. The summed E-state index contributed by atoms with van der Waals surface area (Å²) in [5, 5.41) is 0. The highest BCUT2D eigenvalue weighted by atomic mass is 14.7. The maximum atomic E-state index is 4.00. The zero-order valence-corrected chi connectivity index (χ0v) is 5.40. The quantitative estimate of drug-likeness (QED) is 0.399. The van der Waals surface area contributed by atoms with Gasteiger partial charge in [-0.25, -0.2) is 0 Å². The van der Waals surface area contributed by atoms with Crippen LogP contribution in [0.2, 0.25) is 0 Å². The summed E-state index contributed by atoms with van der Waals surface area (Å²) in [4.78, 5) is 0. The Morgan fingerprint density at radius 2 is 1.00 bits per heavy atom. The zero-order chi connectivity index (χ0) is 5.98. The van der Waals surface area contributed by atoms with Crippen molar-refractivity contribution in [1.82, 2.24) is 0 Å². The predicted octanol–water partition coefficient (Wildman–Crippen LogP) is -1.22. The van der Waals surface area contributed by atoms with Gasteiger partial charge in [0.1, 0.15) is 0 Å².